The van der Waals surface area contributed by atoms with Gasteiger partial charge in [0.15, 0.2) is 0 Å². The van der Waals surface area contributed by atoms with Crippen LogP contribution in [0.1, 0.15) is 71.8 Å². The minimum Gasteiger partial charge on any atom is -0.361 e. The highest BCUT2D eigenvalue weighted by atomic mass is 16.5. The summed E-state index contributed by atoms with van der Waals surface area (Å²) in [5.41, 5.74) is 1.62. The van der Waals surface area contributed by atoms with Gasteiger partial charge in [-0.15, -0.1) is 0 Å². The molecule has 3 rings (SSSR count). The Morgan fingerprint density at radius 1 is 1.19 bits per heavy atom. The smallest absolute Gasteiger partial charge is 0.254 e. The molecule has 1 fully saturated rings. The first-order valence-corrected chi connectivity index (χ1v) is 8.91. The van der Waals surface area contributed by atoms with Gasteiger partial charge in [-0.05, 0) is 64.8 Å². The van der Waals surface area contributed by atoms with Crippen LogP contribution in [0.5, 0.6) is 0 Å². The van der Waals surface area contributed by atoms with Crippen molar-refractivity contribution >= 4 is 11.8 Å². The van der Waals surface area contributed by atoms with Crippen molar-refractivity contribution in [1.29, 1.82) is 0 Å². The Balaban J connectivity index is 1.74. The molecular weight excluding hydrogens is 330 g/mol. The van der Waals surface area contributed by atoms with Crippen LogP contribution in [0.15, 0.2) is 34.9 Å². The van der Waals surface area contributed by atoms with E-state index in [0.29, 0.717) is 17.7 Å². The SMILES string of the molecule is Cc1cc([C@H]2CCCN2C(=O)c2ccc(C(=O)NC(C)(C)C)cc2)no1. The van der Waals surface area contributed by atoms with Crippen molar-refractivity contribution in [2.24, 2.45) is 0 Å². The molecule has 0 radical (unpaired) electrons. The molecule has 0 bridgehead atoms. The highest BCUT2D eigenvalue weighted by Gasteiger charge is 2.32. The van der Waals surface area contributed by atoms with Gasteiger partial charge in [-0.3, -0.25) is 9.59 Å². The fourth-order valence-electron chi connectivity index (χ4n) is 3.20. The second kappa shape index (κ2) is 6.94. The van der Waals surface area contributed by atoms with Crippen LogP contribution >= 0.6 is 0 Å². The van der Waals surface area contributed by atoms with Crippen LogP contribution in [0.25, 0.3) is 0 Å². The Morgan fingerprint density at radius 3 is 2.42 bits per heavy atom. The Kier molecular flexibility index (Phi) is 4.85. The number of amides is 2. The topological polar surface area (TPSA) is 75.4 Å². The molecule has 2 heterocycles. The predicted molar refractivity (Wildman–Crippen MR) is 97.9 cm³/mol. The molecule has 1 N–H and O–H groups in total. The van der Waals surface area contributed by atoms with E-state index in [9.17, 15) is 9.59 Å². The van der Waals surface area contributed by atoms with Crippen LogP contribution in [0.2, 0.25) is 0 Å². The summed E-state index contributed by atoms with van der Waals surface area (Å²) in [7, 11) is 0. The van der Waals surface area contributed by atoms with E-state index in [4.69, 9.17) is 4.52 Å². The number of carbonyl (C=O) groups is 2. The molecule has 1 aliphatic heterocycles. The van der Waals surface area contributed by atoms with Crippen molar-refractivity contribution in [1.82, 2.24) is 15.4 Å². The first-order valence-electron chi connectivity index (χ1n) is 8.91. The van der Waals surface area contributed by atoms with Crippen LogP contribution in [0.3, 0.4) is 0 Å². The molecule has 1 aromatic carbocycles. The number of aryl methyl sites for hydroxylation is 1. The Morgan fingerprint density at radius 2 is 1.85 bits per heavy atom. The van der Waals surface area contributed by atoms with E-state index in [-0.39, 0.29) is 23.4 Å². The van der Waals surface area contributed by atoms with Crippen LogP contribution in [0.4, 0.5) is 0 Å². The summed E-state index contributed by atoms with van der Waals surface area (Å²) in [6.45, 7) is 8.34. The van der Waals surface area contributed by atoms with Crippen LogP contribution in [-0.4, -0.2) is 34.0 Å². The van der Waals surface area contributed by atoms with Gasteiger partial charge < -0.3 is 14.7 Å². The minimum absolute atomic E-state index is 0.0454. The number of rotatable bonds is 3. The van der Waals surface area contributed by atoms with E-state index in [1.165, 1.54) is 0 Å². The average Bonchev–Trinajstić information content (AvgIpc) is 3.21. The Labute approximate surface area is 153 Å². The Bertz CT molecular complexity index is 802. The third-order valence-corrected chi connectivity index (χ3v) is 4.38. The molecule has 1 aromatic heterocycles. The summed E-state index contributed by atoms with van der Waals surface area (Å²) >= 11 is 0. The maximum absolute atomic E-state index is 12.9. The number of hydrogen-bond donors (Lipinski definition) is 1. The molecule has 6 heteroatoms. The molecule has 6 nitrogen and oxygen atoms in total. The molecule has 2 amide bonds. The first-order chi connectivity index (χ1) is 12.2. The highest BCUT2D eigenvalue weighted by molar-refractivity contribution is 5.98. The van der Waals surface area contributed by atoms with E-state index in [1.54, 1.807) is 24.3 Å². The zero-order valence-electron chi connectivity index (χ0n) is 15.7. The molecule has 0 spiro atoms. The van der Waals surface area contributed by atoms with Crippen LogP contribution < -0.4 is 5.32 Å². The van der Waals surface area contributed by atoms with Gasteiger partial charge in [0, 0.05) is 29.3 Å². The van der Waals surface area contributed by atoms with Crippen molar-refractivity contribution in [2.45, 2.75) is 52.1 Å². The van der Waals surface area contributed by atoms with E-state index in [1.807, 2.05) is 38.7 Å². The van der Waals surface area contributed by atoms with Gasteiger partial charge in [0.25, 0.3) is 11.8 Å². The molecule has 138 valence electrons. The lowest BCUT2D eigenvalue weighted by atomic mass is 10.1. The van der Waals surface area contributed by atoms with Gasteiger partial charge in [0.05, 0.1) is 6.04 Å². The van der Waals surface area contributed by atoms with Crippen LogP contribution in [-0.2, 0) is 0 Å². The molecule has 1 saturated heterocycles. The van der Waals surface area contributed by atoms with Gasteiger partial charge in [-0.2, -0.15) is 0 Å². The third-order valence-electron chi connectivity index (χ3n) is 4.38. The van der Waals surface area contributed by atoms with Crippen LogP contribution in [0, 0.1) is 6.92 Å². The summed E-state index contributed by atoms with van der Waals surface area (Å²) < 4.78 is 5.16. The quantitative estimate of drug-likeness (QED) is 0.914. The summed E-state index contributed by atoms with van der Waals surface area (Å²) in [5.74, 6) is 0.554. The van der Waals surface area contributed by atoms with Crippen molar-refractivity contribution in [3.8, 4) is 0 Å². The second-order valence-electron chi connectivity index (χ2n) is 7.80. The van der Waals surface area contributed by atoms with E-state index in [2.05, 4.69) is 10.5 Å². The number of nitrogens with one attached hydrogen (secondary N) is 1. The monoisotopic (exact) mass is 355 g/mol. The summed E-state index contributed by atoms with van der Waals surface area (Å²) in [5, 5.41) is 6.99. The van der Waals surface area contributed by atoms with Crippen molar-refractivity contribution in [3.05, 3.63) is 52.9 Å². The predicted octanol–water partition coefficient (Wildman–Crippen LogP) is 3.49. The maximum atomic E-state index is 12.9. The molecule has 1 atom stereocenters. The largest absolute Gasteiger partial charge is 0.361 e. The second-order valence-corrected chi connectivity index (χ2v) is 7.80. The average molecular weight is 355 g/mol. The molecule has 2 aromatic rings. The van der Waals surface area contributed by atoms with Gasteiger partial charge in [-0.25, -0.2) is 0 Å². The van der Waals surface area contributed by atoms with Gasteiger partial charge in [-0.1, -0.05) is 5.16 Å². The molecule has 0 saturated carbocycles. The zero-order chi connectivity index (χ0) is 18.9. The standard InChI is InChI=1S/C20H25N3O3/c1-13-12-16(22-26-13)17-6-5-11-23(17)19(25)15-9-7-14(8-10-15)18(24)21-20(2,3)4/h7-10,12,17H,5-6,11H2,1-4H3,(H,21,24)/t17-/m1/s1. The molecule has 26 heavy (non-hydrogen) atoms. The Hall–Kier alpha value is -2.63. The number of carbonyl (C=O) groups excluding carboxylic acids is 2. The number of benzene rings is 1. The number of aromatic nitrogens is 1. The molecule has 0 aliphatic carbocycles. The van der Waals surface area contributed by atoms with E-state index >= 15 is 0 Å². The number of nitrogens with zero attached hydrogens (tertiary/aromatic N) is 2. The highest BCUT2D eigenvalue weighted by Crippen LogP contribution is 2.32. The maximum Gasteiger partial charge on any atom is 0.254 e. The normalized spacial score (nSPS) is 17.4. The molecular formula is C20H25N3O3. The number of hydrogen-bond acceptors (Lipinski definition) is 4. The summed E-state index contributed by atoms with van der Waals surface area (Å²) in [6, 6.07) is 8.64. The molecule has 0 unspecified atom stereocenters. The fraction of sp³-hybridized carbons (Fsp3) is 0.450. The lowest BCUT2D eigenvalue weighted by molar-refractivity contribution is 0.0730. The van der Waals surface area contributed by atoms with Gasteiger partial charge >= 0.3 is 0 Å². The first kappa shape index (κ1) is 18.2. The van der Waals surface area contributed by atoms with E-state index in [0.717, 1.165) is 24.3 Å². The summed E-state index contributed by atoms with van der Waals surface area (Å²) in [4.78, 5) is 27.0. The lowest BCUT2D eigenvalue weighted by Gasteiger charge is -2.23. The van der Waals surface area contributed by atoms with E-state index < -0.39 is 0 Å². The van der Waals surface area contributed by atoms with Crippen molar-refractivity contribution < 1.29 is 14.1 Å². The zero-order valence-corrected chi connectivity index (χ0v) is 15.7. The van der Waals surface area contributed by atoms with Crippen molar-refractivity contribution in [3.63, 3.8) is 0 Å². The lowest BCUT2D eigenvalue weighted by Crippen LogP contribution is -2.40. The minimum atomic E-state index is -0.302. The molecule has 1 aliphatic rings. The fourth-order valence-corrected chi connectivity index (χ4v) is 3.20. The summed E-state index contributed by atoms with van der Waals surface area (Å²) in [6.07, 6.45) is 1.82. The number of likely N-dealkylation sites (tertiary alicyclic amines) is 1. The third kappa shape index (κ3) is 3.95. The van der Waals surface area contributed by atoms with Crippen molar-refractivity contribution in [2.75, 3.05) is 6.54 Å². The van der Waals surface area contributed by atoms with Gasteiger partial charge in [0.2, 0.25) is 0 Å². The van der Waals surface area contributed by atoms with Gasteiger partial charge in [0.1, 0.15) is 11.5 Å².